The lowest BCUT2D eigenvalue weighted by molar-refractivity contribution is -0.114. The third kappa shape index (κ3) is 3.71. The largest absolute Gasteiger partial charge is 0.383 e. The third-order valence-corrected chi connectivity index (χ3v) is 7.36. The number of fused-ring (bicyclic) bond motifs is 3. The molecular formula is C25H22N8OS. The molecule has 0 saturated heterocycles. The second-order valence-electron chi connectivity index (χ2n) is 8.47. The Morgan fingerprint density at radius 1 is 1.26 bits per heavy atom. The van der Waals surface area contributed by atoms with Crippen molar-refractivity contribution < 1.29 is 4.79 Å². The van der Waals surface area contributed by atoms with Gasteiger partial charge in [0.25, 0.3) is 0 Å². The molecule has 1 atom stereocenters. The topological polar surface area (TPSA) is 119 Å². The number of nitrogens with two attached hydrogens (primary N) is 1. The van der Waals surface area contributed by atoms with Crippen molar-refractivity contribution >= 4 is 51.4 Å². The number of pyridine rings is 1. The van der Waals surface area contributed by atoms with Gasteiger partial charge < -0.3 is 15.6 Å². The van der Waals surface area contributed by atoms with Gasteiger partial charge in [-0.1, -0.05) is 24.8 Å². The average molecular weight is 483 g/mol. The van der Waals surface area contributed by atoms with Crippen LogP contribution in [0, 0.1) is 5.92 Å². The molecule has 0 spiro atoms. The molecule has 1 unspecified atom stereocenters. The third-order valence-electron chi connectivity index (χ3n) is 6.24. The highest BCUT2D eigenvalue weighted by Gasteiger charge is 2.28. The number of aromatic nitrogens is 6. The van der Waals surface area contributed by atoms with E-state index in [9.17, 15) is 4.79 Å². The molecule has 4 aromatic heterocycles. The Labute approximate surface area is 205 Å². The fourth-order valence-electron chi connectivity index (χ4n) is 4.60. The Kier molecular flexibility index (Phi) is 5.22. The first-order valence-electron chi connectivity index (χ1n) is 11.2. The number of nitrogens with one attached hydrogen (secondary N) is 1. The second-order valence-corrected chi connectivity index (χ2v) is 9.40. The minimum Gasteiger partial charge on any atom is -0.383 e. The number of amides is 1. The molecule has 0 radical (unpaired) electrons. The molecule has 5 heterocycles. The zero-order valence-corrected chi connectivity index (χ0v) is 19.6. The van der Waals surface area contributed by atoms with Crippen LogP contribution < -0.4 is 10.6 Å². The van der Waals surface area contributed by atoms with Gasteiger partial charge in [-0.05, 0) is 54.1 Å². The van der Waals surface area contributed by atoms with E-state index in [1.807, 2.05) is 45.5 Å². The van der Waals surface area contributed by atoms with E-state index in [-0.39, 0.29) is 11.8 Å². The molecule has 1 aliphatic heterocycles. The van der Waals surface area contributed by atoms with Gasteiger partial charge in [0.2, 0.25) is 5.91 Å². The van der Waals surface area contributed by atoms with Gasteiger partial charge in [0.15, 0.2) is 5.65 Å². The highest BCUT2D eigenvalue weighted by Crippen LogP contribution is 2.35. The van der Waals surface area contributed by atoms with Crippen LogP contribution in [0.3, 0.4) is 0 Å². The fraction of sp³-hybridized carbons (Fsp3) is 0.160. The molecule has 6 rings (SSSR count). The van der Waals surface area contributed by atoms with Crippen molar-refractivity contribution in [2.75, 3.05) is 22.9 Å². The highest BCUT2D eigenvalue weighted by molar-refractivity contribution is 7.97. The first-order valence-corrected chi connectivity index (χ1v) is 12.1. The van der Waals surface area contributed by atoms with E-state index in [1.54, 1.807) is 18.1 Å². The number of hydrogen-bond donors (Lipinski definition) is 2. The van der Waals surface area contributed by atoms with Crippen LogP contribution in [0.5, 0.6) is 0 Å². The second kappa shape index (κ2) is 8.55. The first kappa shape index (κ1) is 21.4. The summed E-state index contributed by atoms with van der Waals surface area (Å²) in [5, 5.41) is 6.55. The van der Waals surface area contributed by atoms with E-state index >= 15 is 0 Å². The van der Waals surface area contributed by atoms with Crippen molar-refractivity contribution in [3.63, 3.8) is 0 Å². The Bertz CT molecular complexity index is 1590. The van der Waals surface area contributed by atoms with Gasteiger partial charge in [-0.25, -0.2) is 15.0 Å². The van der Waals surface area contributed by atoms with Gasteiger partial charge in [-0.15, -0.1) is 0 Å². The number of carbonyl (C=O) groups is 1. The van der Waals surface area contributed by atoms with Crippen LogP contribution in [0.1, 0.15) is 5.56 Å². The Morgan fingerprint density at radius 3 is 3.03 bits per heavy atom. The number of benzene rings is 1. The molecular weight excluding hydrogens is 460 g/mol. The van der Waals surface area contributed by atoms with Gasteiger partial charge in [0.1, 0.15) is 23.5 Å². The number of aromatic amines is 1. The molecule has 174 valence electrons. The molecule has 9 nitrogen and oxygen atoms in total. The summed E-state index contributed by atoms with van der Waals surface area (Å²) in [6.07, 6.45) is 7.33. The normalized spacial score (nSPS) is 15.4. The number of rotatable bonds is 5. The Balaban J connectivity index is 1.33. The first-order chi connectivity index (χ1) is 17.1. The summed E-state index contributed by atoms with van der Waals surface area (Å²) in [6.45, 7) is 4.29. The summed E-state index contributed by atoms with van der Waals surface area (Å²) >= 11 is 1.55. The number of H-pyrrole nitrogens is 1. The highest BCUT2D eigenvalue weighted by atomic mass is 32.2. The lowest BCUT2D eigenvalue weighted by Crippen LogP contribution is -2.40. The summed E-state index contributed by atoms with van der Waals surface area (Å²) in [6, 6.07) is 12.0. The molecule has 35 heavy (non-hydrogen) atoms. The number of hydrogen-bond acceptors (Lipinski definition) is 7. The SMILES string of the molecule is C=CC(=O)N1CC(CSn2nc(-c3cnc4[nH]ccc4c3)c3c(N)ncnc32)Cc2ccccc21. The van der Waals surface area contributed by atoms with Crippen LogP contribution in [0.25, 0.3) is 33.3 Å². The van der Waals surface area contributed by atoms with Crippen LogP contribution in [0.15, 0.2) is 67.8 Å². The van der Waals surface area contributed by atoms with Gasteiger partial charge in [-0.2, -0.15) is 9.19 Å². The van der Waals surface area contributed by atoms with Crippen LogP contribution >= 0.6 is 11.9 Å². The van der Waals surface area contributed by atoms with E-state index in [0.29, 0.717) is 29.1 Å². The lowest BCUT2D eigenvalue weighted by atomic mass is 9.93. The maximum Gasteiger partial charge on any atom is 0.250 e. The zero-order chi connectivity index (χ0) is 23.9. The molecule has 0 aliphatic carbocycles. The van der Waals surface area contributed by atoms with Gasteiger partial charge in [0.05, 0.1) is 5.39 Å². The van der Waals surface area contributed by atoms with E-state index in [4.69, 9.17) is 10.8 Å². The molecule has 1 aromatic carbocycles. The van der Waals surface area contributed by atoms with Crippen LogP contribution in [-0.2, 0) is 11.2 Å². The van der Waals surface area contributed by atoms with Crippen molar-refractivity contribution in [3.05, 3.63) is 73.3 Å². The van der Waals surface area contributed by atoms with Crippen molar-refractivity contribution in [3.8, 4) is 11.3 Å². The average Bonchev–Trinajstić information content (AvgIpc) is 3.51. The Hall–Kier alpha value is -4.18. The molecule has 10 heteroatoms. The smallest absolute Gasteiger partial charge is 0.250 e. The number of para-hydroxylation sites is 1. The molecule has 0 saturated carbocycles. The van der Waals surface area contributed by atoms with E-state index in [2.05, 4.69) is 32.6 Å². The predicted molar refractivity (Wildman–Crippen MR) is 139 cm³/mol. The van der Waals surface area contributed by atoms with Gasteiger partial charge in [-0.3, -0.25) is 4.79 Å². The molecule has 5 aromatic rings. The molecule has 0 fully saturated rings. The molecule has 3 N–H and O–H groups in total. The maximum absolute atomic E-state index is 12.5. The summed E-state index contributed by atoms with van der Waals surface area (Å²) < 4.78 is 1.81. The quantitative estimate of drug-likeness (QED) is 0.365. The summed E-state index contributed by atoms with van der Waals surface area (Å²) in [4.78, 5) is 30.6. The molecule has 1 aliphatic rings. The van der Waals surface area contributed by atoms with E-state index in [0.717, 1.165) is 40.0 Å². The minimum absolute atomic E-state index is 0.0906. The number of nitrogens with zero attached hydrogens (tertiary/aromatic N) is 6. The summed E-state index contributed by atoms with van der Waals surface area (Å²) in [5.41, 5.74) is 11.4. The minimum atomic E-state index is -0.0906. The van der Waals surface area contributed by atoms with Crippen LogP contribution in [0.4, 0.5) is 11.5 Å². The zero-order valence-electron chi connectivity index (χ0n) is 18.8. The van der Waals surface area contributed by atoms with E-state index < -0.39 is 0 Å². The lowest BCUT2D eigenvalue weighted by Gasteiger charge is -2.33. The fourth-order valence-corrected chi connectivity index (χ4v) is 5.57. The van der Waals surface area contributed by atoms with Gasteiger partial charge >= 0.3 is 0 Å². The Morgan fingerprint density at radius 2 is 2.14 bits per heavy atom. The maximum atomic E-state index is 12.5. The monoisotopic (exact) mass is 482 g/mol. The number of carbonyl (C=O) groups excluding carboxylic acids is 1. The van der Waals surface area contributed by atoms with E-state index in [1.165, 1.54) is 12.4 Å². The summed E-state index contributed by atoms with van der Waals surface area (Å²) in [7, 11) is 0. The predicted octanol–water partition coefficient (Wildman–Crippen LogP) is 3.84. The van der Waals surface area contributed by atoms with Crippen molar-refractivity contribution in [1.29, 1.82) is 0 Å². The van der Waals surface area contributed by atoms with Crippen molar-refractivity contribution in [1.82, 2.24) is 29.1 Å². The number of nitrogen functional groups attached to an aromatic ring is 1. The van der Waals surface area contributed by atoms with Crippen molar-refractivity contribution in [2.24, 2.45) is 5.92 Å². The van der Waals surface area contributed by atoms with Gasteiger partial charge in [0, 0.05) is 41.3 Å². The summed E-state index contributed by atoms with van der Waals surface area (Å²) in [5.74, 6) is 1.26. The molecule has 0 bridgehead atoms. The van der Waals surface area contributed by atoms with Crippen molar-refractivity contribution in [2.45, 2.75) is 6.42 Å². The molecule has 1 amide bonds. The standard InChI is InChI=1S/C25H22N8OS/c1-2-20(34)32-12-15(9-16-5-3-4-6-19(16)32)13-35-33-25-21(23(26)29-14-30-25)22(31-33)18-10-17-7-8-27-24(17)28-11-18/h2-8,10-11,14-15H,1,9,12-13H2,(H,27,28)(H2,26,29,30). The van der Waals surface area contributed by atoms with Crippen LogP contribution in [-0.4, -0.2) is 47.3 Å². The van der Waals surface area contributed by atoms with Crippen LogP contribution in [0.2, 0.25) is 0 Å². The number of anilines is 2.